The smallest absolute Gasteiger partial charge is 0.410 e. The summed E-state index contributed by atoms with van der Waals surface area (Å²) in [4.78, 5) is 14.3. The fraction of sp³-hybridized carbons (Fsp3) is 0.679. The molecule has 0 spiro atoms. The van der Waals surface area contributed by atoms with Crippen molar-refractivity contribution in [1.29, 1.82) is 0 Å². The van der Waals surface area contributed by atoms with Gasteiger partial charge in [-0.1, -0.05) is 62.9 Å². The summed E-state index contributed by atoms with van der Waals surface area (Å²) >= 11 is 0. The largest absolute Gasteiger partial charge is 0.445 e. The molecule has 1 heterocycles. The van der Waals surface area contributed by atoms with Crippen LogP contribution in [0.2, 0.25) is 18.1 Å². The molecule has 0 radical (unpaired) electrons. The number of ether oxygens (including phenoxy) is 2. The maximum atomic E-state index is 13.8. The van der Waals surface area contributed by atoms with Crippen LogP contribution in [-0.2, 0) is 30.5 Å². The van der Waals surface area contributed by atoms with Crippen LogP contribution in [0, 0.1) is 11.8 Å². The number of hydrogen-bond acceptors (Lipinski definition) is 6. The van der Waals surface area contributed by atoms with Crippen LogP contribution in [0.15, 0.2) is 30.3 Å². The lowest BCUT2D eigenvalue weighted by molar-refractivity contribution is 0.0130. The van der Waals surface area contributed by atoms with Gasteiger partial charge >= 0.3 is 6.09 Å². The summed E-state index contributed by atoms with van der Waals surface area (Å²) in [5, 5.41) is 0.0611. The molecular formula is C28H46N2O6SSi. The lowest BCUT2D eigenvalue weighted by Crippen LogP contribution is -2.73. The maximum Gasteiger partial charge on any atom is 0.410 e. The first-order valence-corrected chi connectivity index (χ1v) is 17.4. The van der Waals surface area contributed by atoms with Crippen molar-refractivity contribution in [2.24, 2.45) is 0 Å². The highest BCUT2D eigenvalue weighted by atomic mass is 32.2. The number of likely N-dealkylation sites (tertiary alicyclic amines) is 1. The monoisotopic (exact) mass is 566 g/mol. The highest BCUT2D eigenvalue weighted by Gasteiger charge is 2.55. The van der Waals surface area contributed by atoms with Crippen molar-refractivity contribution < 1.29 is 27.1 Å². The van der Waals surface area contributed by atoms with Gasteiger partial charge in [-0.15, -0.1) is 0 Å². The molecule has 0 atom stereocenters. The summed E-state index contributed by atoms with van der Waals surface area (Å²) in [6, 6.07) is 9.43. The van der Waals surface area contributed by atoms with Crippen LogP contribution in [0.5, 0.6) is 0 Å². The van der Waals surface area contributed by atoms with Gasteiger partial charge in [-0.2, -0.15) is 4.31 Å². The number of benzene rings is 1. The van der Waals surface area contributed by atoms with Gasteiger partial charge in [0.2, 0.25) is 10.0 Å². The molecule has 1 amide bonds. The first-order valence-electron chi connectivity index (χ1n) is 13.1. The van der Waals surface area contributed by atoms with E-state index in [-0.39, 0.29) is 37.9 Å². The Labute approximate surface area is 231 Å². The number of rotatable bonds is 10. The molecule has 2 rings (SSSR count). The average Bonchev–Trinajstić information content (AvgIpc) is 2.78. The summed E-state index contributed by atoms with van der Waals surface area (Å²) in [7, 11) is -4.21. The predicted molar refractivity (Wildman–Crippen MR) is 154 cm³/mol. The van der Waals surface area contributed by atoms with Gasteiger partial charge in [-0.25, -0.2) is 13.2 Å². The van der Waals surface area contributed by atoms with E-state index in [1.165, 1.54) is 16.3 Å². The van der Waals surface area contributed by atoms with Crippen LogP contribution < -0.4 is 0 Å². The van der Waals surface area contributed by atoms with E-state index in [2.05, 4.69) is 45.7 Å². The predicted octanol–water partition coefficient (Wildman–Crippen LogP) is 4.87. The van der Waals surface area contributed by atoms with Crippen LogP contribution in [0.25, 0.3) is 0 Å². The number of carbonyl (C=O) groups is 1. The Morgan fingerprint density at radius 3 is 2.24 bits per heavy atom. The van der Waals surface area contributed by atoms with E-state index in [1.807, 2.05) is 30.3 Å². The third-order valence-corrected chi connectivity index (χ3v) is 14.4. The molecule has 1 aromatic carbocycles. The first kappa shape index (κ1) is 32.3. The van der Waals surface area contributed by atoms with Crippen molar-refractivity contribution in [2.75, 3.05) is 40.0 Å². The molecule has 1 saturated heterocycles. The topological polar surface area (TPSA) is 85.4 Å². The zero-order valence-corrected chi connectivity index (χ0v) is 26.4. The minimum Gasteiger partial charge on any atom is -0.445 e. The van der Waals surface area contributed by atoms with Crippen molar-refractivity contribution in [3.63, 3.8) is 0 Å². The quantitative estimate of drug-likeness (QED) is 0.228. The number of hydrogen-bond donors (Lipinski definition) is 0. The molecule has 0 aromatic heterocycles. The lowest BCUT2D eigenvalue weighted by Gasteiger charge is -2.52. The van der Waals surface area contributed by atoms with E-state index in [0.29, 0.717) is 13.0 Å². The van der Waals surface area contributed by atoms with Crippen molar-refractivity contribution in [1.82, 2.24) is 9.21 Å². The average molecular weight is 567 g/mol. The van der Waals surface area contributed by atoms with E-state index in [9.17, 15) is 13.2 Å². The molecular weight excluding hydrogens is 520 g/mol. The van der Waals surface area contributed by atoms with Gasteiger partial charge in [0.05, 0.1) is 17.8 Å². The number of nitrogens with zero attached hydrogens (tertiary/aromatic N) is 2. The Hall–Kier alpha value is -1.90. The van der Waals surface area contributed by atoms with Crippen molar-refractivity contribution in [3.8, 4) is 11.8 Å². The maximum absolute atomic E-state index is 13.8. The van der Waals surface area contributed by atoms with Gasteiger partial charge in [0.1, 0.15) is 18.8 Å². The van der Waals surface area contributed by atoms with Crippen molar-refractivity contribution >= 4 is 24.4 Å². The minimum absolute atomic E-state index is 0.0611. The molecule has 0 unspecified atom stereocenters. The van der Waals surface area contributed by atoms with Gasteiger partial charge in [0.15, 0.2) is 8.32 Å². The lowest BCUT2D eigenvalue weighted by atomic mass is 9.90. The molecule has 0 bridgehead atoms. The van der Waals surface area contributed by atoms with Crippen LogP contribution in [0.4, 0.5) is 4.79 Å². The summed E-state index contributed by atoms with van der Waals surface area (Å²) < 4.78 is 45.0. The molecule has 1 fully saturated rings. The second-order valence-corrected chi connectivity index (χ2v) is 19.7. The van der Waals surface area contributed by atoms with Crippen molar-refractivity contribution in [3.05, 3.63) is 35.9 Å². The van der Waals surface area contributed by atoms with Gasteiger partial charge < -0.3 is 18.8 Å². The molecule has 1 aliphatic heterocycles. The van der Waals surface area contributed by atoms with Crippen LogP contribution in [0.1, 0.15) is 53.5 Å². The molecule has 0 N–H and O–H groups in total. The third kappa shape index (κ3) is 7.82. The fourth-order valence-electron chi connectivity index (χ4n) is 3.74. The summed E-state index contributed by atoms with van der Waals surface area (Å²) in [5.74, 6) is 6.09. The Morgan fingerprint density at radius 1 is 1.11 bits per heavy atom. The summed E-state index contributed by atoms with van der Waals surface area (Å²) in [6.07, 6.45) is 0.0286. The number of amides is 1. The molecule has 1 aliphatic rings. The van der Waals surface area contributed by atoms with Gasteiger partial charge in [-0.05, 0) is 50.9 Å². The van der Waals surface area contributed by atoms with Gasteiger partial charge in [0, 0.05) is 20.3 Å². The highest BCUT2D eigenvalue weighted by molar-refractivity contribution is 7.90. The normalized spacial score (nSPS) is 16.0. The van der Waals surface area contributed by atoms with Gasteiger partial charge in [-0.3, -0.25) is 0 Å². The Bertz CT molecular complexity index is 1090. The second-order valence-electron chi connectivity index (χ2n) is 12.3. The standard InChI is InChI=1S/C28H46N2O6SSi/c1-26(2,3)37(32,33)30(18-14-20-36-38(8,9)27(4,5)6)28(17-13-19-34-7)22-29(23-28)25(31)35-21-24-15-11-10-12-16-24/h10-12,15-16H,14,18-23H2,1-9H3. The molecule has 1 aromatic rings. The minimum atomic E-state index is -3.78. The first-order chi connectivity index (χ1) is 17.5. The number of methoxy groups -OCH3 is 1. The highest BCUT2D eigenvalue weighted by Crippen LogP contribution is 2.37. The van der Waals surface area contributed by atoms with Crippen LogP contribution in [0.3, 0.4) is 0 Å². The Kier molecular flexibility index (Phi) is 10.6. The fourth-order valence-corrected chi connectivity index (χ4v) is 6.48. The van der Waals surface area contributed by atoms with Crippen molar-refractivity contribution in [2.45, 2.75) is 83.0 Å². The van der Waals surface area contributed by atoms with Crippen LogP contribution >= 0.6 is 0 Å². The Morgan fingerprint density at radius 2 is 1.71 bits per heavy atom. The summed E-state index contributed by atoms with van der Waals surface area (Å²) in [6.45, 7) is 17.2. The Balaban J connectivity index is 2.24. The second kappa shape index (κ2) is 12.5. The van der Waals surface area contributed by atoms with E-state index >= 15 is 0 Å². The summed E-state index contributed by atoms with van der Waals surface area (Å²) in [5.41, 5.74) is -0.181. The molecule has 8 nitrogen and oxygen atoms in total. The SMILES string of the molecule is COCC#CC1(N(CCCO[Si](C)(C)C(C)(C)C)S(=O)(=O)C(C)(C)C)CN(C(=O)OCc2ccccc2)C1. The van der Waals surface area contributed by atoms with E-state index in [0.717, 1.165) is 5.56 Å². The molecule has 0 aliphatic carbocycles. The number of sulfonamides is 1. The molecule has 214 valence electrons. The third-order valence-electron chi connectivity index (χ3n) is 7.22. The molecule has 10 heteroatoms. The van der Waals surface area contributed by atoms with Crippen LogP contribution in [-0.4, -0.2) is 82.3 Å². The number of carbonyl (C=O) groups excluding carboxylic acids is 1. The van der Waals surface area contributed by atoms with E-state index in [1.54, 1.807) is 20.8 Å². The zero-order valence-electron chi connectivity index (χ0n) is 24.6. The zero-order chi connectivity index (χ0) is 28.8. The molecule has 38 heavy (non-hydrogen) atoms. The van der Waals surface area contributed by atoms with E-state index in [4.69, 9.17) is 13.9 Å². The van der Waals surface area contributed by atoms with Gasteiger partial charge in [0.25, 0.3) is 0 Å². The van der Waals surface area contributed by atoms with E-state index < -0.39 is 34.7 Å². The molecule has 0 saturated carbocycles.